The van der Waals surface area contributed by atoms with Crippen LogP contribution in [0.25, 0.3) is 11.1 Å². The molecule has 0 bridgehead atoms. The van der Waals surface area contributed by atoms with E-state index in [2.05, 4.69) is 27.9 Å². The normalized spacial score (nSPS) is 12.0. The van der Waals surface area contributed by atoms with Crippen molar-refractivity contribution in [2.45, 2.75) is 18.9 Å². The van der Waals surface area contributed by atoms with Crippen molar-refractivity contribution in [2.75, 3.05) is 13.2 Å². The molecule has 2 amide bonds. The Bertz CT molecular complexity index is 1110. The van der Waals surface area contributed by atoms with Crippen LogP contribution in [0.3, 0.4) is 0 Å². The first kappa shape index (κ1) is 21.1. The molecule has 164 valence electrons. The molecule has 9 nitrogen and oxygen atoms in total. The quantitative estimate of drug-likeness (QED) is 0.496. The summed E-state index contributed by atoms with van der Waals surface area (Å²) in [6.07, 6.45) is -0.564. The molecule has 4 rings (SSSR count). The molecule has 1 aromatic heterocycles. The van der Waals surface area contributed by atoms with Gasteiger partial charge in [-0.3, -0.25) is 4.79 Å². The van der Waals surface area contributed by atoms with Crippen molar-refractivity contribution in [3.05, 3.63) is 77.2 Å². The first-order chi connectivity index (χ1) is 15.5. The fraction of sp³-hybridized carbons (Fsp3) is 0.217. The zero-order valence-corrected chi connectivity index (χ0v) is 17.0. The first-order valence-corrected chi connectivity index (χ1v) is 10.1. The minimum Gasteiger partial charge on any atom is -0.476 e. The van der Waals surface area contributed by atoms with Crippen molar-refractivity contribution in [1.82, 2.24) is 15.8 Å². The zero-order valence-electron chi connectivity index (χ0n) is 17.0. The number of carboxylic acids is 1. The van der Waals surface area contributed by atoms with Gasteiger partial charge in [-0.1, -0.05) is 53.7 Å². The lowest BCUT2D eigenvalue weighted by Gasteiger charge is -2.14. The van der Waals surface area contributed by atoms with Crippen LogP contribution in [-0.4, -0.2) is 41.4 Å². The van der Waals surface area contributed by atoms with E-state index in [-0.39, 0.29) is 49.4 Å². The molecule has 0 unspecified atom stereocenters. The number of carbonyl (C=O) groups excluding carboxylic acids is 2. The summed E-state index contributed by atoms with van der Waals surface area (Å²) in [5.74, 6) is -1.36. The average molecular weight is 435 g/mol. The van der Waals surface area contributed by atoms with Gasteiger partial charge < -0.3 is 25.0 Å². The number of aromatic nitrogens is 1. The maximum absolute atomic E-state index is 12.1. The number of carboxylic acid groups (broad SMARTS) is 1. The van der Waals surface area contributed by atoms with Crippen LogP contribution in [0.2, 0.25) is 0 Å². The van der Waals surface area contributed by atoms with E-state index in [4.69, 9.17) is 14.4 Å². The summed E-state index contributed by atoms with van der Waals surface area (Å²) in [6.45, 7) is 0.298. The van der Waals surface area contributed by atoms with Crippen LogP contribution >= 0.6 is 0 Å². The van der Waals surface area contributed by atoms with Crippen molar-refractivity contribution in [1.29, 1.82) is 0 Å². The number of hydrogen-bond acceptors (Lipinski definition) is 6. The number of nitrogens with zero attached hydrogens (tertiary/aromatic N) is 1. The number of aromatic carboxylic acids is 1. The Labute approximate surface area is 183 Å². The Hall–Kier alpha value is -4.14. The summed E-state index contributed by atoms with van der Waals surface area (Å²) in [7, 11) is 0. The summed E-state index contributed by atoms with van der Waals surface area (Å²) in [4.78, 5) is 34.8. The van der Waals surface area contributed by atoms with E-state index in [0.717, 1.165) is 22.3 Å². The predicted octanol–water partition coefficient (Wildman–Crippen LogP) is 2.92. The molecule has 1 heterocycles. The van der Waals surface area contributed by atoms with E-state index in [1.165, 1.54) is 6.07 Å². The lowest BCUT2D eigenvalue weighted by molar-refractivity contribution is -0.121. The molecule has 9 heteroatoms. The Morgan fingerprint density at radius 1 is 1.00 bits per heavy atom. The average Bonchev–Trinajstić information content (AvgIpc) is 3.40. The Kier molecular flexibility index (Phi) is 6.16. The Balaban J connectivity index is 1.21. The molecule has 2 aromatic carbocycles. The lowest BCUT2D eigenvalue weighted by Crippen LogP contribution is -2.31. The summed E-state index contributed by atoms with van der Waals surface area (Å²) in [5, 5.41) is 17.3. The predicted molar refractivity (Wildman–Crippen MR) is 113 cm³/mol. The van der Waals surface area contributed by atoms with Gasteiger partial charge in [-0.05, 0) is 22.3 Å². The molecule has 3 aromatic rings. The van der Waals surface area contributed by atoms with E-state index in [0.29, 0.717) is 0 Å². The molecule has 0 fully saturated rings. The highest BCUT2D eigenvalue weighted by Crippen LogP contribution is 2.44. The molecule has 0 saturated carbocycles. The van der Waals surface area contributed by atoms with Crippen molar-refractivity contribution >= 4 is 18.0 Å². The van der Waals surface area contributed by atoms with Crippen LogP contribution in [0, 0.1) is 0 Å². The SMILES string of the molecule is O=C(CCNC(=O)OCC1c2ccccc2-c2ccccc21)NCc1cc(C(=O)O)no1. The van der Waals surface area contributed by atoms with Gasteiger partial charge in [0.1, 0.15) is 6.61 Å². The van der Waals surface area contributed by atoms with Gasteiger partial charge >= 0.3 is 12.1 Å². The first-order valence-electron chi connectivity index (χ1n) is 10.1. The summed E-state index contributed by atoms with van der Waals surface area (Å²) in [5.41, 5.74) is 4.32. The molecule has 0 saturated heterocycles. The minimum absolute atomic E-state index is 0.00403. The van der Waals surface area contributed by atoms with Gasteiger partial charge in [-0.25, -0.2) is 9.59 Å². The van der Waals surface area contributed by atoms with Crippen molar-refractivity contribution in [3.8, 4) is 11.1 Å². The van der Waals surface area contributed by atoms with Crippen LogP contribution in [0.4, 0.5) is 4.79 Å². The molecular weight excluding hydrogens is 414 g/mol. The summed E-state index contributed by atoms with van der Waals surface area (Å²) < 4.78 is 10.2. The number of alkyl carbamates (subject to hydrolysis) is 1. The van der Waals surface area contributed by atoms with E-state index < -0.39 is 12.1 Å². The van der Waals surface area contributed by atoms with Gasteiger partial charge in [-0.2, -0.15) is 0 Å². The second-order valence-electron chi connectivity index (χ2n) is 7.26. The fourth-order valence-electron chi connectivity index (χ4n) is 3.70. The van der Waals surface area contributed by atoms with Crippen molar-refractivity contribution < 1.29 is 28.8 Å². The van der Waals surface area contributed by atoms with Gasteiger partial charge in [0.25, 0.3) is 0 Å². The number of rotatable bonds is 8. The van der Waals surface area contributed by atoms with Crippen LogP contribution < -0.4 is 10.6 Å². The third kappa shape index (κ3) is 4.61. The van der Waals surface area contributed by atoms with Gasteiger partial charge in [0.2, 0.25) is 5.91 Å². The number of benzene rings is 2. The van der Waals surface area contributed by atoms with E-state index in [1.54, 1.807) is 0 Å². The number of fused-ring (bicyclic) bond motifs is 3. The third-order valence-corrected chi connectivity index (χ3v) is 5.20. The van der Waals surface area contributed by atoms with Crippen molar-refractivity contribution in [2.24, 2.45) is 0 Å². The Morgan fingerprint density at radius 3 is 2.28 bits per heavy atom. The highest BCUT2D eigenvalue weighted by molar-refractivity contribution is 5.85. The lowest BCUT2D eigenvalue weighted by atomic mass is 9.98. The van der Waals surface area contributed by atoms with Gasteiger partial charge in [0.15, 0.2) is 11.5 Å². The number of carbonyl (C=O) groups is 3. The summed E-state index contributed by atoms with van der Waals surface area (Å²) in [6, 6.07) is 17.4. The maximum Gasteiger partial charge on any atom is 0.407 e. The minimum atomic E-state index is -1.21. The second kappa shape index (κ2) is 9.34. The van der Waals surface area contributed by atoms with E-state index >= 15 is 0 Å². The smallest absolute Gasteiger partial charge is 0.407 e. The number of nitrogens with one attached hydrogen (secondary N) is 2. The molecule has 1 aliphatic carbocycles. The van der Waals surface area contributed by atoms with Gasteiger partial charge in [0.05, 0.1) is 6.54 Å². The number of amides is 2. The molecule has 0 aliphatic heterocycles. The molecule has 0 radical (unpaired) electrons. The molecule has 0 atom stereocenters. The highest BCUT2D eigenvalue weighted by Gasteiger charge is 2.28. The summed E-state index contributed by atoms with van der Waals surface area (Å²) >= 11 is 0. The van der Waals surface area contributed by atoms with Crippen LogP contribution in [0.15, 0.2) is 59.1 Å². The molecule has 1 aliphatic rings. The van der Waals surface area contributed by atoms with Crippen LogP contribution in [-0.2, 0) is 16.1 Å². The topological polar surface area (TPSA) is 131 Å². The zero-order chi connectivity index (χ0) is 22.5. The largest absolute Gasteiger partial charge is 0.476 e. The standard InChI is InChI=1S/C23H21N3O6/c27-21(25-12-14-11-20(22(28)29)26-32-14)9-10-24-23(30)31-13-19-17-7-3-1-5-15(17)16-6-2-4-8-18(16)19/h1-8,11,19H,9-10,12-13H2,(H,24,30)(H,25,27)(H,28,29). The van der Waals surface area contributed by atoms with Gasteiger partial charge in [-0.15, -0.1) is 0 Å². The number of hydrogen-bond donors (Lipinski definition) is 3. The molecular formula is C23H21N3O6. The second-order valence-corrected chi connectivity index (χ2v) is 7.26. The molecule has 0 spiro atoms. The number of ether oxygens (including phenoxy) is 1. The maximum atomic E-state index is 12.1. The van der Waals surface area contributed by atoms with E-state index in [1.807, 2.05) is 36.4 Å². The monoisotopic (exact) mass is 435 g/mol. The van der Waals surface area contributed by atoms with Gasteiger partial charge in [0, 0.05) is 24.9 Å². The molecule has 32 heavy (non-hydrogen) atoms. The van der Waals surface area contributed by atoms with Crippen LogP contribution in [0.1, 0.15) is 39.7 Å². The molecule has 3 N–H and O–H groups in total. The van der Waals surface area contributed by atoms with Crippen LogP contribution in [0.5, 0.6) is 0 Å². The van der Waals surface area contributed by atoms with E-state index in [9.17, 15) is 14.4 Å². The van der Waals surface area contributed by atoms with Crippen molar-refractivity contribution in [3.63, 3.8) is 0 Å². The fourth-order valence-corrected chi connectivity index (χ4v) is 3.70. The highest BCUT2D eigenvalue weighted by atomic mass is 16.5. The third-order valence-electron chi connectivity index (χ3n) is 5.20. The Morgan fingerprint density at radius 2 is 1.66 bits per heavy atom.